The molecule has 0 radical (unpaired) electrons. The third-order valence-corrected chi connectivity index (χ3v) is 1.98. The number of halogens is 2. The molecule has 5 nitrogen and oxygen atoms in total. The Hall–Kier alpha value is -2.18. The van der Waals surface area contributed by atoms with Gasteiger partial charge in [0.05, 0.1) is 19.4 Å². The molecule has 0 N–H and O–H groups in total. The molecule has 0 aliphatic carbocycles. The highest BCUT2D eigenvalue weighted by molar-refractivity contribution is 5.77. The molecule has 0 aliphatic heterocycles. The molecule has 0 aromatic heterocycles. The Labute approximate surface area is 108 Å². The van der Waals surface area contributed by atoms with Crippen LogP contribution in [-0.4, -0.2) is 18.5 Å². The minimum Gasteiger partial charge on any atom is -0.466 e. The molecule has 104 valence electrons. The number of hydrogen-bond donors (Lipinski definition) is 0. The van der Waals surface area contributed by atoms with Crippen molar-refractivity contribution in [3.05, 3.63) is 29.8 Å². The maximum absolute atomic E-state index is 13.1. The summed E-state index contributed by atoms with van der Waals surface area (Å²) in [6, 6.07) is 3.18. The molecule has 0 aliphatic rings. The molecule has 0 spiro atoms. The molecule has 1 rings (SSSR count). The number of rotatable bonds is 6. The summed E-state index contributed by atoms with van der Waals surface area (Å²) >= 11 is 0. The highest BCUT2D eigenvalue weighted by Gasteiger charge is 2.14. The van der Waals surface area contributed by atoms with E-state index in [4.69, 9.17) is 0 Å². The zero-order valence-electron chi connectivity index (χ0n) is 10.2. The van der Waals surface area contributed by atoms with Crippen molar-refractivity contribution in [2.75, 3.05) is 6.61 Å². The number of esters is 1. The Morgan fingerprint density at radius 1 is 1.16 bits per heavy atom. The van der Waals surface area contributed by atoms with Crippen LogP contribution in [0, 0.1) is 11.6 Å². The molecule has 19 heavy (non-hydrogen) atoms. The minimum absolute atomic E-state index is 0.179. The molecule has 0 atom stereocenters. The quantitative estimate of drug-likeness (QED) is 0.452. The van der Waals surface area contributed by atoms with Crippen molar-refractivity contribution in [1.82, 2.24) is 0 Å². The molecule has 0 amide bonds. The topological polar surface area (TPSA) is 61.8 Å². The molecule has 0 bridgehead atoms. The maximum atomic E-state index is 13.1. The van der Waals surface area contributed by atoms with E-state index in [2.05, 4.69) is 14.5 Å². The molecular formula is C12H12F2O5. The summed E-state index contributed by atoms with van der Waals surface area (Å²) in [6.07, 6.45) is -0.461. The number of carbonyl (C=O) groups excluding carboxylic acids is 2. The van der Waals surface area contributed by atoms with Crippen LogP contribution in [0.3, 0.4) is 0 Å². The SMILES string of the molecule is CCOC(=O)CCC(=O)OOc1cccc(F)c1F. The van der Waals surface area contributed by atoms with Crippen LogP contribution in [0.4, 0.5) is 8.78 Å². The van der Waals surface area contributed by atoms with Gasteiger partial charge in [0.1, 0.15) is 0 Å². The van der Waals surface area contributed by atoms with Crippen molar-refractivity contribution in [3.8, 4) is 5.75 Å². The van der Waals surface area contributed by atoms with E-state index in [-0.39, 0.29) is 19.4 Å². The Morgan fingerprint density at radius 3 is 2.53 bits per heavy atom. The van der Waals surface area contributed by atoms with E-state index in [1.165, 1.54) is 6.07 Å². The Morgan fingerprint density at radius 2 is 1.84 bits per heavy atom. The summed E-state index contributed by atoms with van der Waals surface area (Å²) in [6.45, 7) is 1.84. The molecule has 0 fully saturated rings. The van der Waals surface area contributed by atoms with Gasteiger partial charge < -0.3 is 4.74 Å². The van der Waals surface area contributed by atoms with Gasteiger partial charge in [0.2, 0.25) is 11.6 Å². The summed E-state index contributed by atoms with van der Waals surface area (Å²) < 4.78 is 30.5. The summed E-state index contributed by atoms with van der Waals surface area (Å²) in [5.41, 5.74) is 0. The number of benzene rings is 1. The fourth-order valence-corrected chi connectivity index (χ4v) is 1.12. The predicted molar refractivity (Wildman–Crippen MR) is 58.9 cm³/mol. The van der Waals surface area contributed by atoms with E-state index in [1.807, 2.05) is 0 Å². The summed E-state index contributed by atoms with van der Waals surface area (Å²) in [5, 5.41) is 0. The van der Waals surface area contributed by atoms with Crippen LogP contribution in [0.15, 0.2) is 18.2 Å². The van der Waals surface area contributed by atoms with Crippen LogP contribution in [0.5, 0.6) is 5.75 Å². The molecule has 0 saturated carbocycles. The van der Waals surface area contributed by atoms with Gasteiger partial charge in [-0.1, -0.05) is 6.07 Å². The normalized spacial score (nSPS) is 9.84. The fraction of sp³-hybridized carbons (Fsp3) is 0.333. The lowest BCUT2D eigenvalue weighted by Gasteiger charge is -2.05. The van der Waals surface area contributed by atoms with E-state index in [9.17, 15) is 18.4 Å². The minimum atomic E-state index is -1.26. The van der Waals surface area contributed by atoms with Gasteiger partial charge in [-0.05, 0) is 19.1 Å². The van der Waals surface area contributed by atoms with Crippen LogP contribution in [0.2, 0.25) is 0 Å². The summed E-state index contributed by atoms with van der Waals surface area (Å²) in [4.78, 5) is 30.7. The zero-order valence-corrected chi connectivity index (χ0v) is 10.2. The molecule has 0 unspecified atom stereocenters. The Bertz CT molecular complexity index is 461. The first-order valence-corrected chi connectivity index (χ1v) is 5.51. The highest BCUT2D eigenvalue weighted by atomic mass is 19.2. The van der Waals surface area contributed by atoms with E-state index < -0.39 is 29.3 Å². The lowest BCUT2D eigenvalue weighted by molar-refractivity contribution is -0.215. The average Bonchev–Trinajstić information content (AvgIpc) is 2.38. The molecule has 0 heterocycles. The predicted octanol–water partition coefficient (Wildman–Crippen LogP) is 2.15. The number of ether oxygens (including phenoxy) is 1. The van der Waals surface area contributed by atoms with Gasteiger partial charge in [0.25, 0.3) is 0 Å². The van der Waals surface area contributed by atoms with Crippen molar-refractivity contribution in [1.29, 1.82) is 0 Å². The van der Waals surface area contributed by atoms with Crippen molar-refractivity contribution < 1.29 is 32.9 Å². The van der Waals surface area contributed by atoms with Crippen LogP contribution in [0.25, 0.3) is 0 Å². The van der Waals surface area contributed by atoms with Crippen LogP contribution >= 0.6 is 0 Å². The second-order valence-electron chi connectivity index (χ2n) is 3.40. The zero-order chi connectivity index (χ0) is 14.3. The smallest absolute Gasteiger partial charge is 0.356 e. The monoisotopic (exact) mass is 274 g/mol. The molecule has 1 aromatic carbocycles. The van der Waals surface area contributed by atoms with Crippen molar-refractivity contribution >= 4 is 11.9 Å². The fourth-order valence-electron chi connectivity index (χ4n) is 1.12. The van der Waals surface area contributed by atoms with Crippen LogP contribution in [0.1, 0.15) is 19.8 Å². The second-order valence-corrected chi connectivity index (χ2v) is 3.40. The van der Waals surface area contributed by atoms with E-state index in [0.29, 0.717) is 0 Å². The summed E-state index contributed by atoms with van der Waals surface area (Å²) in [5.74, 6) is -4.39. The summed E-state index contributed by atoms with van der Waals surface area (Å²) in [7, 11) is 0. The first-order valence-electron chi connectivity index (χ1n) is 5.51. The third-order valence-electron chi connectivity index (χ3n) is 1.98. The Balaban J connectivity index is 2.38. The van der Waals surface area contributed by atoms with Gasteiger partial charge in [-0.3, -0.25) is 14.6 Å². The lowest BCUT2D eigenvalue weighted by atomic mass is 10.3. The standard InChI is InChI=1S/C12H12F2O5/c1-2-17-10(15)6-7-11(16)19-18-9-5-3-4-8(13)12(9)14/h3-5H,2,6-7H2,1H3. The van der Waals surface area contributed by atoms with E-state index in [0.717, 1.165) is 12.1 Å². The molecule has 7 heteroatoms. The molecule has 0 saturated heterocycles. The lowest BCUT2D eigenvalue weighted by Crippen LogP contribution is -2.12. The van der Waals surface area contributed by atoms with Gasteiger partial charge in [0, 0.05) is 0 Å². The van der Waals surface area contributed by atoms with Crippen LogP contribution in [-0.2, 0) is 19.2 Å². The van der Waals surface area contributed by atoms with Gasteiger partial charge in [0.15, 0.2) is 5.82 Å². The molecular weight excluding hydrogens is 262 g/mol. The maximum Gasteiger partial charge on any atom is 0.356 e. The van der Waals surface area contributed by atoms with Crippen LogP contribution < -0.4 is 4.89 Å². The van der Waals surface area contributed by atoms with Gasteiger partial charge in [-0.25, -0.2) is 9.18 Å². The van der Waals surface area contributed by atoms with Crippen molar-refractivity contribution in [3.63, 3.8) is 0 Å². The van der Waals surface area contributed by atoms with Gasteiger partial charge >= 0.3 is 11.9 Å². The average molecular weight is 274 g/mol. The van der Waals surface area contributed by atoms with Gasteiger partial charge in [-0.15, -0.1) is 0 Å². The first kappa shape index (κ1) is 14.9. The number of carbonyl (C=O) groups is 2. The second kappa shape index (κ2) is 7.30. The van der Waals surface area contributed by atoms with Crippen molar-refractivity contribution in [2.24, 2.45) is 0 Å². The largest absolute Gasteiger partial charge is 0.466 e. The highest BCUT2D eigenvalue weighted by Crippen LogP contribution is 2.19. The van der Waals surface area contributed by atoms with E-state index in [1.54, 1.807) is 6.92 Å². The van der Waals surface area contributed by atoms with E-state index >= 15 is 0 Å². The first-order chi connectivity index (χ1) is 9.04. The number of hydrogen-bond acceptors (Lipinski definition) is 5. The molecule has 1 aromatic rings. The Kier molecular flexibility index (Phi) is 5.72. The van der Waals surface area contributed by atoms with Gasteiger partial charge in [-0.2, -0.15) is 4.39 Å². The third kappa shape index (κ3) is 4.90. The van der Waals surface area contributed by atoms with Crippen molar-refractivity contribution in [2.45, 2.75) is 19.8 Å².